The van der Waals surface area contributed by atoms with E-state index in [2.05, 4.69) is 39.4 Å². The molecule has 0 saturated carbocycles. The second-order valence-corrected chi connectivity index (χ2v) is 9.24. The Hall–Kier alpha value is -2.90. The highest BCUT2D eigenvalue weighted by Crippen LogP contribution is 2.47. The molecule has 3 aromatic rings. The number of hydrogen-bond acceptors (Lipinski definition) is 6. The lowest BCUT2D eigenvalue weighted by molar-refractivity contribution is 0.266. The number of ether oxygens (including phenoxy) is 5. The van der Waals surface area contributed by atoms with Crippen molar-refractivity contribution in [3.05, 3.63) is 75.3 Å². The molecule has 0 amide bonds. The number of fused-ring (bicyclic) bond motifs is 1. The number of methoxy groups -OCH3 is 4. The third kappa shape index (κ3) is 5.52. The van der Waals surface area contributed by atoms with Crippen molar-refractivity contribution in [1.29, 1.82) is 0 Å². The first-order chi connectivity index (χ1) is 17.1. The molecule has 0 radical (unpaired) electrons. The van der Waals surface area contributed by atoms with Gasteiger partial charge >= 0.3 is 0 Å². The number of hydrogen-bond donors (Lipinski definition) is 1. The van der Waals surface area contributed by atoms with E-state index in [1.165, 1.54) is 5.56 Å². The lowest BCUT2D eigenvalue weighted by atomic mass is 9.89. The van der Waals surface area contributed by atoms with Crippen LogP contribution in [0.15, 0.2) is 53.0 Å². The third-order valence-corrected chi connectivity index (χ3v) is 7.10. The van der Waals surface area contributed by atoms with Crippen molar-refractivity contribution in [3.8, 4) is 28.7 Å². The minimum absolute atomic E-state index is 0.101. The number of halogens is 1. The number of benzene rings is 3. The lowest BCUT2D eigenvalue weighted by Crippen LogP contribution is -2.31. The second kappa shape index (κ2) is 11.7. The summed E-state index contributed by atoms with van der Waals surface area (Å²) in [6, 6.07) is 16.3. The van der Waals surface area contributed by atoms with Crippen LogP contribution >= 0.6 is 15.9 Å². The summed E-state index contributed by atoms with van der Waals surface area (Å²) >= 11 is 3.70. The van der Waals surface area contributed by atoms with Gasteiger partial charge in [-0.3, -0.25) is 0 Å². The highest BCUT2D eigenvalue weighted by atomic mass is 79.9. The number of aryl methyl sites for hydroxylation is 1. The van der Waals surface area contributed by atoms with Gasteiger partial charge in [0, 0.05) is 16.1 Å². The molecule has 0 spiro atoms. The van der Waals surface area contributed by atoms with Crippen molar-refractivity contribution in [2.75, 3.05) is 35.0 Å². The van der Waals surface area contributed by atoms with E-state index in [0.29, 0.717) is 23.9 Å². The van der Waals surface area contributed by atoms with Gasteiger partial charge in [-0.2, -0.15) is 0 Å². The Morgan fingerprint density at radius 1 is 0.857 bits per heavy atom. The monoisotopic (exact) mass is 541 g/mol. The summed E-state index contributed by atoms with van der Waals surface area (Å²) in [6.45, 7) is 1.34. The van der Waals surface area contributed by atoms with Crippen LogP contribution in [0, 0.1) is 0 Å². The van der Waals surface area contributed by atoms with Crippen LogP contribution in [-0.2, 0) is 19.4 Å². The van der Waals surface area contributed by atoms with Crippen LogP contribution in [0.2, 0.25) is 0 Å². The first kappa shape index (κ1) is 25.2. The van der Waals surface area contributed by atoms with Gasteiger partial charge in [-0.15, -0.1) is 0 Å². The fourth-order valence-corrected chi connectivity index (χ4v) is 5.13. The zero-order valence-corrected chi connectivity index (χ0v) is 22.2. The largest absolute Gasteiger partial charge is 0.493 e. The Bertz CT molecular complexity index is 1150. The predicted octanol–water partition coefficient (Wildman–Crippen LogP) is 5.88. The number of rotatable bonds is 10. The normalized spacial score (nSPS) is 14.7. The van der Waals surface area contributed by atoms with Gasteiger partial charge in [0.05, 0.1) is 28.4 Å². The van der Waals surface area contributed by atoms with Crippen LogP contribution in [0.25, 0.3) is 0 Å². The van der Waals surface area contributed by atoms with Crippen LogP contribution < -0.4 is 29.0 Å². The van der Waals surface area contributed by atoms with Crippen molar-refractivity contribution in [2.24, 2.45) is 0 Å². The molecule has 0 aromatic heterocycles. The molecular formula is C28H32BrNO5. The molecule has 0 bridgehead atoms. The fourth-order valence-electron chi connectivity index (χ4n) is 4.61. The minimum Gasteiger partial charge on any atom is -0.493 e. The molecule has 186 valence electrons. The molecule has 6 nitrogen and oxygen atoms in total. The highest BCUT2D eigenvalue weighted by Gasteiger charge is 2.29. The SMILES string of the molecule is COc1cc(Br)c(CCC2NCCc3cc(OC)c(OC)c(OCc4ccccc4)c32)cc1OC. The summed E-state index contributed by atoms with van der Waals surface area (Å²) < 4.78 is 29.8. The topological polar surface area (TPSA) is 58.2 Å². The maximum absolute atomic E-state index is 6.44. The predicted molar refractivity (Wildman–Crippen MR) is 140 cm³/mol. The summed E-state index contributed by atoms with van der Waals surface area (Å²) in [5, 5.41) is 3.70. The van der Waals surface area contributed by atoms with Gasteiger partial charge in [-0.25, -0.2) is 0 Å². The lowest BCUT2D eigenvalue weighted by Gasteiger charge is -2.31. The summed E-state index contributed by atoms with van der Waals surface area (Å²) in [4.78, 5) is 0. The van der Waals surface area contributed by atoms with Crippen LogP contribution in [0.4, 0.5) is 0 Å². The second-order valence-electron chi connectivity index (χ2n) is 8.38. The smallest absolute Gasteiger partial charge is 0.203 e. The first-order valence-electron chi connectivity index (χ1n) is 11.7. The molecule has 0 saturated heterocycles. The van der Waals surface area contributed by atoms with Crippen molar-refractivity contribution < 1.29 is 23.7 Å². The summed E-state index contributed by atoms with van der Waals surface area (Å²) in [5.74, 6) is 3.49. The van der Waals surface area contributed by atoms with E-state index in [1.807, 2.05) is 30.3 Å². The Labute approximate surface area is 215 Å². The van der Waals surface area contributed by atoms with E-state index < -0.39 is 0 Å². The maximum Gasteiger partial charge on any atom is 0.203 e. The average molecular weight is 542 g/mol. The van der Waals surface area contributed by atoms with Gasteiger partial charge in [-0.05, 0) is 60.7 Å². The van der Waals surface area contributed by atoms with Gasteiger partial charge in [0.2, 0.25) is 5.75 Å². The zero-order valence-electron chi connectivity index (χ0n) is 20.7. The van der Waals surface area contributed by atoms with Gasteiger partial charge in [0.15, 0.2) is 23.0 Å². The van der Waals surface area contributed by atoms with Gasteiger partial charge in [0.1, 0.15) is 6.61 Å². The van der Waals surface area contributed by atoms with E-state index >= 15 is 0 Å². The quantitative estimate of drug-likeness (QED) is 0.345. The molecule has 7 heteroatoms. The Balaban J connectivity index is 1.66. The maximum atomic E-state index is 6.44. The summed E-state index contributed by atoms with van der Waals surface area (Å²) in [7, 11) is 6.62. The molecule has 1 atom stereocenters. The molecular weight excluding hydrogens is 510 g/mol. The van der Waals surface area contributed by atoms with Crippen LogP contribution in [0.3, 0.4) is 0 Å². The molecule has 1 heterocycles. The van der Waals surface area contributed by atoms with Crippen molar-refractivity contribution in [3.63, 3.8) is 0 Å². The number of nitrogens with one attached hydrogen (secondary N) is 1. The molecule has 4 rings (SSSR count). The van der Waals surface area contributed by atoms with Crippen LogP contribution in [0.5, 0.6) is 28.7 Å². The van der Waals surface area contributed by atoms with Crippen molar-refractivity contribution >= 4 is 15.9 Å². The summed E-state index contributed by atoms with van der Waals surface area (Å²) in [6.07, 6.45) is 2.61. The van der Waals surface area contributed by atoms with Crippen molar-refractivity contribution in [2.45, 2.75) is 31.9 Å². The average Bonchev–Trinajstić information content (AvgIpc) is 2.90. The van der Waals surface area contributed by atoms with Gasteiger partial charge in [0.25, 0.3) is 0 Å². The molecule has 1 N–H and O–H groups in total. The molecule has 1 unspecified atom stereocenters. The van der Waals surface area contributed by atoms with Crippen LogP contribution in [-0.4, -0.2) is 35.0 Å². The molecule has 0 fully saturated rings. The third-order valence-electron chi connectivity index (χ3n) is 6.36. The Morgan fingerprint density at radius 2 is 1.57 bits per heavy atom. The zero-order chi connectivity index (χ0) is 24.8. The Morgan fingerprint density at radius 3 is 2.26 bits per heavy atom. The van der Waals surface area contributed by atoms with Gasteiger partial charge < -0.3 is 29.0 Å². The fraction of sp³-hybridized carbons (Fsp3) is 0.357. The van der Waals surface area contributed by atoms with Crippen LogP contribution in [0.1, 0.15) is 34.7 Å². The van der Waals surface area contributed by atoms with Crippen molar-refractivity contribution in [1.82, 2.24) is 5.32 Å². The standard InChI is InChI=1S/C28H32BrNO5/c1-31-23-14-19(21(29)16-24(23)32-2)10-11-22-26-20(12-13-30-22)15-25(33-3)27(34-4)28(26)35-17-18-8-6-5-7-9-18/h5-9,14-16,22,30H,10-13,17H2,1-4H3. The van der Waals surface area contributed by atoms with E-state index in [1.54, 1.807) is 28.4 Å². The molecule has 35 heavy (non-hydrogen) atoms. The van der Waals surface area contributed by atoms with E-state index in [0.717, 1.165) is 58.5 Å². The molecule has 3 aromatic carbocycles. The summed E-state index contributed by atoms with van der Waals surface area (Å²) in [5.41, 5.74) is 4.62. The molecule has 1 aliphatic heterocycles. The van der Waals surface area contributed by atoms with E-state index in [4.69, 9.17) is 23.7 Å². The van der Waals surface area contributed by atoms with E-state index in [-0.39, 0.29) is 6.04 Å². The molecule has 0 aliphatic carbocycles. The van der Waals surface area contributed by atoms with Gasteiger partial charge in [-0.1, -0.05) is 46.3 Å². The Kier molecular flexibility index (Phi) is 8.42. The molecule has 1 aliphatic rings. The highest BCUT2D eigenvalue weighted by molar-refractivity contribution is 9.10. The first-order valence-corrected chi connectivity index (χ1v) is 12.5. The van der Waals surface area contributed by atoms with E-state index in [9.17, 15) is 0 Å². The minimum atomic E-state index is 0.101.